The molecule has 1 aromatic carbocycles. The van der Waals surface area contributed by atoms with Crippen LogP contribution >= 0.6 is 0 Å². The molecule has 57 valence electrons. The summed E-state index contributed by atoms with van der Waals surface area (Å²) in [5, 5.41) is 2.94. The minimum absolute atomic E-state index is 0.203. The molecule has 0 aliphatic rings. The van der Waals surface area contributed by atoms with Crippen LogP contribution in [0, 0.1) is 5.82 Å². The zero-order chi connectivity index (χ0) is 8.10. The van der Waals surface area contributed by atoms with Crippen LogP contribution in [0.2, 0.25) is 0 Å². The molecule has 0 aliphatic carbocycles. The molecule has 2 nitrogen and oxygen atoms in total. The van der Waals surface area contributed by atoms with Gasteiger partial charge >= 0.3 is 0 Å². The second-order valence-electron chi connectivity index (χ2n) is 2.01. The summed E-state index contributed by atoms with van der Waals surface area (Å²) in [6, 6.07) is 6.06. The Balaban J connectivity index is 2.63. The van der Waals surface area contributed by atoms with E-state index in [1.54, 1.807) is 12.1 Å². The van der Waals surface area contributed by atoms with Gasteiger partial charge in [-0.3, -0.25) is 0 Å². The van der Waals surface area contributed by atoms with Crippen LogP contribution < -0.4 is 0 Å². The van der Waals surface area contributed by atoms with E-state index in [4.69, 9.17) is 6.72 Å². The summed E-state index contributed by atoms with van der Waals surface area (Å²) in [7, 11) is 0. The number of hydrogen-bond donors (Lipinski definition) is 0. The van der Waals surface area contributed by atoms with Crippen molar-refractivity contribution in [1.82, 2.24) is 0 Å². The summed E-state index contributed by atoms with van der Waals surface area (Å²) in [4.78, 5) is 4.51. The maximum atomic E-state index is 12.5. The normalized spacial score (nSPS) is 9.18. The van der Waals surface area contributed by atoms with Crippen LogP contribution in [0.25, 0.3) is 0 Å². The topological polar surface area (TPSA) is 21.6 Å². The average molecular weight is 152 g/mol. The van der Waals surface area contributed by atoms with Crippen molar-refractivity contribution in [2.45, 2.75) is 6.61 Å². The van der Waals surface area contributed by atoms with Crippen molar-refractivity contribution in [3.8, 4) is 0 Å². The zero-order valence-corrected chi connectivity index (χ0v) is 5.83. The van der Waals surface area contributed by atoms with Crippen molar-refractivity contribution in [3.05, 3.63) is 35.6 Å². The molecule has 0 N–H and O–H groups in total. The van der Waals surface area contributed by atoms with Crippen LogP contribution in [0.4, 0.5) is 4.39 Å². The van der Waals surface area contributed by atoms with Gasteiger partial charge in [-0.25, -0.2) is 4.39 Å². The molecule has 0 aliphatic heterocycles. The summed E-state index contributed by atoms with van der Waals surface area (Å²) in [6.45, 7) is 4.93. The molecule has 0 saturated carbocycles. The van der Waals surface area contributed by atoms with Gasteiger partial charge in [-0.15, -0.1) is 0 Å². The molecule has 1 aromatic rings. The molecule has 0 spiro atoms. The third kappa shape index (κ3) is 2.37. The lowest BCUT2D eigenvalue weighted by Gasteiger charge is -1.97. The highest BCUT2D eigenvalue weighted by Gasteiger charge is 1.93. The van der Waals surface area contributed by atoms with Crippen molar-refractivity contribution in [2.24, 2.45) is 5.16 Å². The fourth-order valence-electron chi connectivity index (χ4n) is 0.739. The molecule has 0 fully saturated rings. The smallest absolute Gasteiger partial charge is 0.142 e. The van der Waals surface area contributed by atoms with Crippen LogP contribution in [0.5, 0.6) is 0 Å². The summed E-state index contributed by atoms with van der Waals surface area (Å²) in [5.41, 5.74) is 0.708. The standard InChI is InChI=1S/C8H7FNO/c1-10-11-6-7-3-2-4-8(9)5-7/h1-5H,6H2. The van der Waals surface area contributed by atoms with Crippen LogP contribution in [0.3, 0.4) is 0 Å². The van der Waals surface area contributed by atoms with E-state index in [0.29, 0.717) is 5.56 Å². The zero-order valence-electron chi connectivity index (χ0n) is 5.83. The average Bonchev–Trinajstić information content (AvgIpc) is 2.01. The van der Waals surface area contributed by atoms with Gasteiger partial charge in [0.1, 0.15) is 12.4 Å². The molecule has 1 radical (unpaired) electrons. The molecule has 0 atom stereocenters. The van der Waals surface area contributed by atoms with Crippen molar-refractivity contribution in [2.75, 3.05) is 0 Å². The molecular formula is C8H7FNO. The summed E-state index contributed by atoms with van der Waals surface area (Å²) in [5.74, 6) is -0.289. The second kappa shape index (κ2) is 3.71. The highest BCUT2D eigenvalue weighted by atomic mass is 19.1. The first-order valence-corrected chi connectivity index (χ1v) is 3.09. The maximum Gasteiger partial charge on any atom is 0.142 e. The van der Waals surface area contributed by atoms with E-state index >= 15 is 0 Å². The Morgan fingerprint density at radius 3 is 3.00 bits per heavy atom. The molecule has 3 heteroatoms. The first-order valence-electron chi connectivity index (χ1n) is 3.09. The summed E-state index contributed by atoms with van der Waals surface area (Å²) >= 11 is 0. The van der Waals surface area contributed by atoms with Crippen molar-refractivity contribution in [3.63, 3.8) is 0 Å². The van der Waals surface area contributed by atoms with Crippen LogP contribution in [-0.2, 0) is 11.4 Å². The van der Waals surface area contributed by atoms with Crippen LogP contribution in [0.15, 0.2) is 29.4 Å². The number of benzene rings is 1. The second-order valence-corrected chi connectivity index (χ2v) is 2.01. The van der Waals surface area contributed by atoms with E-state index in [-0.39, 0.29) is 12.4 Å². The lowest BCUT2D eigenvalue weighted by Crippen LogP contribution is -1.86. The van der Waals surface area contributed by atoms with Gasteiger partial charge in [-0.2, -0.15) is 0 Å². The lowest BCUT2D eigenvalue weighted by atomic mass is 10.2. The number of rotatable bonds is 3. The van der Waals surface area contributed by atoms with Crippen LogP contribution in [0.1, 0.15) is 5.56 Å². The SMILES string of the molecule is [CH]=NOCc1cccc(F)c1. The fourth-order valence-corrected chi connectivity index (χ4v) is 0.739. The summed E-state index contributed by atoms with van der Waals surface area (Å²) in [6.07, 6.45) is 0. The number of hydrogen-bond acceptors (Lipinski definition) is 2. The maximum absolute atomic E-state index is 12.5. The Bertz CT molecular complexity index is 250. The van der Waals surface area contributed by atoms with Gasteiger partial charge in [0.2, 0.25) is 0 Å². The molecular weight excluding hydrogens is 145 g/mol. The van der Waals surface area contributed by atoms with E-state index in [9.17, 15) is 4.39 Å². The fraction of sp³-hybridized carbons (Fsp3) is 0.125. The highest BCUT2D eigenvalue weighted by molar-refractivity contribution is 5.21. The predicted octanol–water partition coefficient (Wildman–Crippen LogP) is 1.83. The van der Waals surface area contributed by atoms with Gasteiger partial charge in [-0.1, -0.05) is 17.3 Å². The van der Waals surface area contributed by atoms with E-state index in [1.165, 1.54) is 12.1 Å². The minimum Gasteiger partial charge on any atom is -0.391 e. The van der Waals surface area contributed by atoms with Crippen molar-refractivity contribution >= 4 is 6.72 Å². The van der Waals surface area contributed by atoms with E-state index in [1.807, 2.05) is 0 Å². The molecule has 0 unspecified atom stereocenters. The lowest BCUT2D eigenvalue weighted by molar-refractivity contribution is 0.133. The predicted molar refractivity (Wildman–Crippen MR) is 39.7 cm³/mol. The first-order chi connectivity index (χ1) is 5.33. The van der Waals surface area contributed by atoms with E-state index < -0.39 is 0 Å². The Hall–Kier alpha value is -1.38. The van der Waals surface area contributed by atoms with Crippen molar-refractivity contribution < 1.29 is 9.23 Å². The number of halogens is 1. The minimum atomic E-state index is -0.289. The molecule has 0 saturated heterocycles. The first kappa shape index (κ1) is 7.72. The Kier molecular flexibility index (Phi) is 2.60. The molecule has 0 bridgehead atoms. The van der Waals surface area contributed by atoms with E-state index in [2.05, 4.69) is 9.99 Å². The Labute approximate surface area is 64.3 Å². The quantitative estimate of drug-likeness (QED) is 0.478. The molecule has 0 amide bonds. The third-order valence-corrected chi connectivity index (χ3v) is 1.19. The van der Waals surface area contributed by atoms with Gasteiger partial charge in [0.25, 0.3) is 0 Å². The number of nitrogens with zero attached hydrogens (tertiary/aromatic N) is 1. The van der Waals surface area contributed by atoms with E-state index in [0.717, 1.165) is 0 Å². The van der Waals surface area contributed by atoms with Gasteiger partial charge in [0, 0.05) is 0 Å². The molecule has 0 heterocycles. The highest BCUT2D eigenvalue weighted by Crippen LogP contribution is 2.04. The van der Waals surface area contributed by atoms with Gasteiger partial charge in [-0.05, 0) is 17.7 Å². The van der Waals surface area contributed by atoms with Crippen molar-refractivity contribution in [1.29, 1.82) is 0 Å². The third-order valence-electron chi connectivity index (χ3n) is 1.19. The monoisotopic (exact) mass is 152 g/mol. The molecule has 11 heavy (non-hydrogen) atoms. The summed E-state index contributed by atoms with van der Waals surface area (Å²) < 4.78 is 12.5. The largest absolute Gasteiger partial charge is 0.391 e. The Morgan fingerprint density at radius 2 is 2.36 bits per heavy atom. The van der Waals surface area contributed by atoms with Gasteiger partial charge < -0.3 is 4.84 Å². The Morgan fingerprint density at radius 1 is 1.55 bits per heavy atom. The molecule has 1 rings (SSSR count). The van der Waals surface area contributed by atoms with Gasteiger partial charge in [0.05, 0.1) is 6.72 Å². The van der Waals surface area contributed by atoms with Gasteiger partial charge in [0.15, 0.2) is 0 Å². The van der Waals surface area contributed by atoms with Crippen LogP contribution in [-0.4, -0.2) is 6.72 Å². The molecule has 0 aromatic heterocycles.